The molecule has 4 heteroatoms. The minimum absolute atomic E-state index is 0.482. The summed E-state index contributed by atoms with van der Waals surface area (Å²) in [5, 5.41) is 22.3. The van der Waals surface area contributed by atoms with E-state index in [0.29, 0.717) is 17.0 Å². The Labute approximate surface area is 284 Å². The highest BCUT2D eigenvalue weighted by molar-refractivity contribution is 6.14. The smallest absolute Gasteiger partial charge is 0.146 e. The van der Waals surface area contributed by atoms with Crippen molar-refractivity contribution in [2.75, 3.05) is 0 Å². The van der Waals surface area contributed by atoms with E-state index in [9.17, 15) is 10.5 Å². The summed E-state index contributed by atoms with van der Waals surface area (Å²) in [7, 11) is 0. The van der Waals surface area contributed by atoms with Crippen LogP contribution in [0.3, 0.4) is 0 Å². The average Bonchev–Trinajstić information content (AvgIpc) is 3.59. The fourth-order valence-corrected chi connectivity index (χ4v) is 7.24. The van der Waals surface area contributed by atoms with Crippen LogP contribution in [-0.2, 0) is 0 Å². The molecule has 1 unspecified atom stereocenters. The number of nitrogens with zero attached hydrogens (tertiary/aromatic N) is 4. The van der Waals surface area contributed by atoms with Crippen LogP contribution in [0.15, 0.2) is 157 Å². The van der Waals surface area contributed by atoms with E-state index in [0.717, 1.165) is 67.4 Å². The summed E-state index contributed by atoms with van der Waals surface area (Å²) in [6, 6.07) is 43.7. The average molecular weight is 625 g/mol. The van der Waals surface area contributed by atoms with Gasteiger partial charge in [0, 0.05) is 27.8 Å². The van der Waals surface area contributed by atoms with Crippen molar-refractivity contribution in [2.45, 2.75) is 6.42 Å². The molecular weight excluding hydrogens is 597 g/mol. The molecule has 0 fully saturated rings. The highest BCUT2D eigenvalue weighted by Gasteiger charge is 2.21. The van der Waals surface area contributed by atoms with Crippen molar-refractivity contribution in [2.24, 2.45) is 5.92 Å². The van der Waals surface area contributed by atoms with Gasteiger partial charge in [-0.3, -0.25) is 4.40 Å². The van der Waals surface area contributed by atoms with Crippen molar-refractivity contribution in [1.82, 2.24) is 9.38 Å². The molecule has 0 saturated carbocycles. The zero-order chi connectivity index (χ0) is 32.9. The van der Waals surface area contributed by atoms with Crippen LogP contribution in [-0.4, -0.2) is 9.38 Å². The fourth-order valence-electron chi connectivity index (χ4n) is 7.24. The molecule has 1 atom stereocenters. The third-order valence-electron chi connectivity index (χ3n) is 9.77. The second-order valence-electron chi connectivity index (χ2n) is 12.6. The van der Waals surface area contributed by atoms with E-state index in [1.807, 2.05) is 48.5 Å². The van der Waals surface area contributed by atoms with Crippen molar-refractivity contribution in [3.63, 3.8) is 0 Å². The second kappa shape index (κ2) is 11.5. The minimum Gasteiger partial charge on any atom is -0.291 e. The van der Waals surface area contributed by atoms with E-state index in [-0.39, 0.29) is 0 Å². The van der Waals surface area contributed by atoms with Crippen LogP contribution in [0.2, 0.25) is 0 Å². The molecule has 5 aromatic carbocycles. The Bertz CT molecular complexity index is 2670. The molecule has 4 nitrogen and oxygen atoms in total. The summed E-state index contributed by atoms with van der Waals surface area (Å²) in [5.74, 6) is 0.482. The van der Waals surface area contributed by atoms with Crippen LogP contribution < -0.4 is 0 Å². The normalized spacial score (nSPS) is 15.1. The Kier molecular flexibility index (Phi) is 6.68. The number of hydrogen-bond acceptors (Lipinski definition) is 3. The number of aromatic nitrogens is 2. The summed E-state index contributed by atoms with van der Waals surface area (Å²) < 4.78 is 2.25. The monoisotopic (exact) mass is 624 g/mol. The van der Waals surface area contributed by atoms with E-state index >= 15 is 0 Å². The molecule has 49 heavy (non-hydrogen) atoms. The quantitative estimate of drug-likeness (QED) is 0.183. The summed E-state index contributed by atoms with van der Waals surface area (Å²) in [4.78, 5) is 5.37. The van der Waals surface area contributed by atoms with Crippen LogP contribution in [0.25, 0.3) is 66.5 Å². The molecule has 2 heterocycles. The van der Waals surface area contributed by atoms with Gasteiger partial charge in [0.25, 0.3) is 0 Å². The maximum absolute atomic E-state index is 9.51. The lowest BCUT2D eigenvalue weighted by atomic mass is 9.84. The molecule has 0 spiro atoms. The fraction of sp³-hybridized carbons (Fsp3) is 0.0444. The van der Waals surface area contributed by atoms with E-state index in [1.165, 1.54) is 16.7 Å². The Morgan fingerprint density at radius 3 is 2.08 bits per heavy atom. The van der Waals surface area contributed by atoms with Crippen molar-refractivity contribution in [1.29, 1.82) is 10.5 Å². The summed E-state index contributed by atoms with van der Waals surface area (Å²) in [6.45, 7) is 0. The topological polar surface area (TPSA) is 64.9 Å². The predicted molar refractivity (Wildman–Crippen MR) is 198 cm³/mol. The van der Waals surface area contributed by atoms with Gasteiger partial charge >= 0.3 is 0 Å². The van der Waals surface area contributed by atoms with E-state index in [1.54, 1.807) is 0 Å². The van der Waals surface area contributed by atoms with Crippen molar-refractivity contribution >= 4 is 32.9 Å². The molecule has 2 aliphatic carbocycles. The van der Waals surface area contributed by atoms with Gasteiger partial charge in [0.05, 0.1) is 40.2 Å². The van der Waals surface area contributed by atoms with Crippen molar-refractivity contribution < 1.29 is 0 Å². The van der Waals surface area contributed by atoms with E-state index in [2.05, 4.69) is 120 Å². The van der Waals surface area contributed by atoms with Gasteiger partial charge in [-0.05, 0) is 76.0 Å². The first-order valence-corrected chi connectivity index (χ1v) is 16.4. The van der Waals surface area contributed by atoms with Crippen LogP contribution >= 0.6 is 0 Å². The maximum atomic E-state index is 9.51. The highest BCUT2D eigenvalue weighted by Crippen LogP contribution is 2.40. The third kappa shape index (κ3) is 4.78. The number of hydrogen-bond donors (Lipinski definition) is 0. The van der Waals surface area contributed by atoms with Crippen molar-refractivity contribution in [3.8, 4) is 45.8 Å². The molecule has 0 saturated heterocycles. The van der Waals surface area contributed by atoms with E-state index < -0.39 is 0 Å². The van der Waals surface area contributed by atoms with Gasteiger partial charge in [-0.25, -0.2) is 4.98 Å². The van der Waals surface area contributed by atoms with Gasteiger partial charge in [0.15, 0.2) is 0 Å². The van der Waals surface area contributed by atoms with Gasteiger partial charge in [-0.1, -0.05) is 115 Å². The standard InChI is InChI=1S/C45H28N4/c46-27-29-9-13-34(14-10-29)43-44(35-15-11-30(28-47)12-16-35)49-42-8-4-3-7-40(42)39-24-23-38(26-41(39)45(49)48-43)33-19-17-32(18-20-33)37-22-21-31-5-1-2-6-36(31)25-37/h1-4,6-26,31H,5H2. The number of para-hydroxylation sites is 1. The van der Waals surface area contributed by atoms with Crippen LogP contribution in [0, 0.1) is 28.6 Å². The first-order valence-electron chi connectivity index (χ1n) is 16.4. The summed E-state index contributed by atoms with van der Waals surface area (Å²) in [5.41, 5.74) is 12.8. The minimum atomic E-state index is 0.482. The Morgan fingerprint density at radius 2 is 1.33 bits per heavy atom. The maximum Gasteiger partial charge on any atom is 0.146 e. The molecule has 7 aromatic rings. The van der Waals surface area contributed by atoms with Crippen LogP contribution in [0.5, 0.6) is 0 Å². The Balaban J connectivity index is 1.24. The van der Waals surface area contributed by atoms with Crippen LogP contribution in [0.4, 0.5) is 0 Å². The second-order valence-corrected chi connectivity index (χ2v) is 12.6. The van der Waals surface area contributed by atoms with Crippen molar-refractivity contribution in [3.05, 3.63) is 174 Å². The summed E-state index contributed by atoms with van der Waals surface area (Å²) in [6.07, 6.45) is 14.6. The van der Waals surface area contributed by atoms with Gasteiger partial charge in [-0.2, -0.15) is 10.5 Å². The lowest BCUT2D eigenvalue weighted by Gasteiger charge is -2.21. The molecule has 0 amide bonds. The number of pyridine rings is 1. The lowest BCUT2D eigenvalue weighted by molar-refractivity contribution is 0.781. The number of imidazole rings is 1. The molecule has 2 aromatic heterocycles. The number of nitriles is 2. The third-order valence-corrected chi connectivity index (χ3v) is 9.77. The largest absolute Gasteiger partial charge is 0.291 e. The molecule has 0 radical (unpaired) electrons. The zero-order valence-electron chi connectivity index (χ0n) is 26.5. The highest BCUT2D eigenvalue weighted by atomic mass is 15.0. The number of benzene rings is 5. The SMILES string of the molecule is N#Cc1ccc(-c2nc3c4cc(-c5ccc(C6=CC7=CC=CCC7C=C6)cc5)ccc4c4ccccc4n3c2-c2ccc(C#N)cc2)cc1. The number of fused-ring (bicyclic) bond motifs is 7. The molecule has 9 rings (SSSR count). The first-order chi connectivity index (χ1) is 24.2. The molecular formula is C45H28N4. The van der Waals surface area contributed by atoms with Gasteiger partial charge in [0.2, 0.25) is 0 Å². The van der Waals surface area contributed by atoms with E-state index in [4.69, 9.17) is 4.98 Å². The predicted octanol–water partition coefficient (Wildman–Crippen LogP) is 10.8. The van der Waals surface area contributed by atoms with Gasteiger partial charge < -0.3 is 0 Å². The van der Waals surface area contributed by atoms with Gasteiger partial charge in [0.1, 0.15) is 5.65 Å². The Hall–Kier alpha value is -6.75. The molecule has 0 N–H and O–H groups in total. The molecule has 2 aliphatic rings. The molecule has 228 valence electrons. The molecule has 0 aliphatic heterocycles. The van der Waals surface area contributed by atoms with Gasteiger partial charge in [-0.15, -0.1) is 0 Å². The summed E-state index contributed by atoms with van der Waals surface area (Å²) >= 11 is 0. The first kappa shape index (κ1) is 28.5. The number of rotatable bonds is 4. The van der Waals surface area contributed by atoms with Crippen LogP contribution in [0.1, 0.15) is 23.1 Å². The number of allylic oxidation sites excluding steroid dienone is 8. The Morgan fingerprint density at radius 1 is 0.653 bits per heavy atom. The molecule has 0 bridgehead atoms. The lowest BCUT2D eigenvalue weighted by Crippen LogP contribution is -2.05. The zero-order valence-corrected chi connectivity index (χ0v) is 26.5.